The van der Waals surface area contributed by atoms with Gasteiger partial charge >= 0.3 is 0 Å². The maximum atomic E-state index is 13.2. The summed E-state index contributed by atoms with van der Waals surface area (Å²) in [5, 5.41) is 7.87. The molecule has 1 N–H and O–H groups in total. The smallest absolute Gasteiger partial charge is 0.287 e. The van der Waals surface area contributed by atoms with Crippen LogP contribution in [0.5, 0.6) is 0 Å². The number of aryl methyl sites for hydroxylation is 3. The van der Waals surface area contributed by atoms with Gasteiger partial charge in [0.2, 0.25) is 5.78 Å². The fourth-order valence-corrected chi connectivity index (χ4v) is 3.63. The van der Waals surface area contributed by atoms with E-state index in [1.54, 1.807) is 19.3 Å². The second kappa shape index (κ2) is 7.99. The number of hydrogen-bond acceptors (Lipinski definition) is 4. The first-order valence-electron chi connectivity index (χ1n) is 9.81. The van der Waals surface area contributed by atoms with Gasteiger partial charge < -0.3 is 9.73 Å². The van der Waals surface area contributed by atoms with E-state index in [1.807, 2.05) is 62.4 Å². The Hall–Kier alpha value is -3.67. The van der Waals surface area contributed by atoms with Crippen LogP contribution in [-0.4, -0.2) is 27.5 Å². The highest BCUT2D eigenvalue weighted by Crippen LogP contribution is 2.26. The first-order chi connectivity index (χ1) is 14.4. The topological polar surface area (TPSA) is 77.1 Å². The molecule has 30 heavy (non-hydrogen) atoms. The van der Waals surface area contributed by atoms with E-state index in [0.29, 0.717) is 17.7 Å². The van der Waals surface area contributed by atoms with Gasteiger partial charge in [0.15, 0.2) is 5.76 Å². The lowest BCUT2D eigenvalue weighted by Crippen LogP contribution is -2.43. The summed E-state index contributed by atoms with van der Waals surface area (Å²) in [6.45, 7) is 3.85. The molecule has 0 aliphatic rings. The van der Waals surface area contributed by atoms with Crippen LogP contribution in [0, 0.1) is 13.8 Å². The second-order valence-corrected chi connectivity index (χ2v) is 7.48. The van der Waals surface area contributed by atoms with Crippen LogP contribution in [0.15, 0.2) is 65.2 Å². The van der Waals surface area contributed by atoms with E-state index >= 15 is 0 Å². The molecule has 1 amide bonds. The first kappa shape index (κ1) is 19.6. The van der Waals surface area contributed by atoms with Gasteiger partial charge in [0, 0.05) is 30.6 Å². The lowest BCUT2D eigenvalue weighted by Gasteiger charge is -2.17. The molecule has 0 saturated heterocycles. The van der Waals surface area contributed by atoms with E-state index in [9.17, 15) is 9.59 Å². The molecule has 6 nitrogen and oxygen atoms in total. The highest BCUT2D eigenvalue weighted by molar-refractivity contribution is 6.04. The quantitative estimate of drug-likeness (QED) is 0.495. The number of amides is 1. The van der Waals surface area contributed by atoms with Crippen molar-refractivity contribution in [3.63, 3.8) is 0 Å². The van der Waals surface area contributed by atoms with E-state index in [0.717, 1.165) is 22.1 Å². The fourth-order valence-electron chi connectivity index (χ4n) is 3.63. The summed E-state index contributed by atoms with van der Waals surface area (Å²) in [7, 11) is 1.71. The van der Waals surface area contributed by atoms with Gasteiger partial charge in [-0.1, -0.05) is 42.0 Å². The highest BCUT2D eigenvalue weighted by Gasteiger charge is 2.27. The van der Waals surface area contributed by atoms with E-state index in [1.165, 1.54) is 4.68 Å². The molecular weight excluding hydrogens is 378 g/mol. The molecule has 1 unspecified atom stereocenters. The number of fused-ring (bicyclic) bond motifs is 1. The molecule has 0 fully saturated rings. The lowest BCUT2D eigenvalue weighted by atomic mass is 10.00. The zero-order valence-electron chi connectivity index (χ0n) is 17.2. The molecule has 2 aromatic carbocycles. The highest BCUT2D eigenvalue weighted by atomic mass is 16.3. The zero-order chi connectivity index (χ0) is 21.3. The van der Waals surface area contributed by atoms with Crippen molar-refractivity contribution < 1.29 is 14.0 Å². The predicted molar refractivity (Wildman–Crippen MR) is 115 cm³/mol. The maximum Gasteiger partial charge on any atom is 0.287 e. The Balaban J connectivity index is 1.66. The number of hydrogen-bond donors (Lipinski definition) is 1. The molecule has 0 aliphatic heterocycles. The molecule has 152 valence electrons. The van der Waals surface area contributed by atoms with Crippen molar-refractivity contribution in [3.8, 4) is 0 Å². The van der Waals surface area contributed by atoms with E-state index in [2.05, 4.69) is 10.4 Å². The number of ketones is 1. The minimum Gasteiger partial charge on any atom is -0.451 e. The first-order valence-corrected chi connectivity index (χ1v) is 9.81. The van der Waals surface area contributed by atoms with Crippen molar-refractivity contribution in [2.24, 2.45) is 7.05 Å². The SMILES string of the molecule is Cc1ccc2oc(C(=O)NC(Cc3ccccc3)C(=O)c3ccnn3C)c(C)c2c1. The van der Waals surface area contributed by atoms with Gasteiger partial charge in [0.25, 0.3) is 5.91 Å². The largest absolute Gasteiger partial charge is 0.451 e. The molecule has 0 radical (unpaired) electrons. The summed E-state index contributed by atoms with van der Waals surface area (Å²) in [6, 6.07) is 16.3. The summed E-state index contributed by atoms with van der Waals surface area (Å²) < 4.78 is 7.34. The van der Waals surface area contributed by atoms with Crippen LogP contribution in [0.25, 0.3) is 11.0 Å². The number of furan rings is 1. The molecule has 2 aromatic heterocycles. The fraction of sp³-hybridized carbons (Fsp3) is 0.208. The average molecular weight is 401 g/mol. The molecule has 0 spiro atoms. The Morgan fingerprint density at radius 2 is 1.87 bits per heavy atom. The molecule has 6 heteroatoms. The van der Waals surface area contributed by atoms with Gasteiger partial charge in [-0.15, -0.1) is 0 Å². The van der Waals surface area contributed by atoms with Gasteiger partial charge in [0.1, 0.15) is 11.3 Å². The average Bonchev–Trinajstić information content (AvgIpc) is 3.31. The van der Waals surface area contributed by atoms with Gasteiger partial charge in [-0.2, -0.15) is 5.10 Å². The van der Waals surface area contributed by atoms with Gasteiger partial charge in [-0.25, -0.2) is 0 Å². The van der Waals surface area contributed by atoms with Crippen molar-refractivity contribution in [2.45, 2.75) is 26.3 Å². The van der Waals surface area contributed by atoms with E-state index in [4.69, 9.17) is 4.42 Å². The summed E-state index contributed by atoms with van der Waals surface area (Å²) in [4.78, 5) is 26.3. The molecule has 4 aromatic rings. The molecule has 0 aliphatic carbocycles. The monoisotopic (exact) mass is 401 g/mol. The van der Waals surface area contributed by atoms with Crippen molar-refractivity contribution >= 4 is 22.7 Å². The standard InChI is InChI=1S/C24H23N3O3/c1-15-9-10-21-18(13-15)16(2)23(30-21)24(29)26-19(14-17-7-5-4-6-8-17)22(28)20-11-12-25-27(20)3/h4-13,19H,14H2,1-3H3,(H,26,29). The van der Waals surface area contributed by atoms with Gasteiger partial charge in [0.05, 0.1) is 6.04 Å². The van der Waals surface area contributed by atoms with E-state index in [-0.39, 0.29) is 11.5 Å². The number of carbonyl (C=O) groups excluding carboxylic acids is 2. The Kier molecular flexibility index (Phi) is 5.23. The molecule has 4 rings (SSSR count). The summed E-state index contributed by atoms with van der Waals surface area (Å²) >= 11 is 0. The van der Waals surface area contributed by atoms with Gasteiger partial charge in [-0.3, -0.25) is 14.3 Å². The van der Waals surface area contributed by atoms with Crippen molar-refractivity contribution in [3.05, 3.63) is 88.9 Å². The number of carbonyl (C=O) groups is 2. The van der Waals surface area contributed by atoms with Crippen LogP contribution in [0.3, 0.4) is 0 Å². The van der Waals surface area contributed by atoms with Gasteiger partial charge in [-0.05, 0) is 37.6 Å². The summed E-state index contributed by atoms with van der Waals surface area (Å²) in [6.07, 6.45) is 1.94. The maximum absolute atomic E-state index is 13.2. The van der Waals surface area contributed by atoms with Crippen LogP contribution in [-0.2, 0) is 13.5 Å². The van der Waals surface area contributed by atoms with Crippen LogP contribution in [0.2, 0.25) is 0 Å². The number of aromatic nitrogens is 2. The lowest BCUT2D eigenvalue weighted by molar-refractivity contribution is 0.0837. The normalized spacial score (nSPS) is 12.1. The molecule has 0 saturated carbocycles. The molecule has 0 bridgehead atoms. The number of benzene rings is 2. The van der Waals surface area contributed by atoms with Crippen molar-refractivity contribution in [1.82, 2.24) is 15.1 Å². The van der Waals surface area contributed by atoms with E-state index < -0.39 is 11.9 Å². The molecule has 1 atom stereocenters. The number of nitrogens with one attached hydrogen (secondary N) is 1. The second-order valence-electron chi connectivity index (χ2n) is 7.48. The Labute approximate surface area is 174 Å². The Morgan fingerprint density at radius 1 is 1.10 bits per heavy atom. The van der Waals surface area contributed by atoms with Crippen LogP contribution in [0.4, 0.5) is 0 Å². The number of rotatable bonds is 6. The van der Waals surface area contributed by atoms with Crippen molar-refractivity contribution in [1.29, 1.82) is 0 Å². The third kappa shape index (κ3) is 3.76. The molecular formula is C24H23N3O3. The van der Waals surface area contributed by atoms with Crippen LogP contribution < -0.4 is 5.32 Å². The van der Waals surface area contributed by atoms with Crippen LogP contribution >= 0.6 is 0 Å². The number of nitrogens with zero attached hydrogens (tertiary/aromatic N) is 2. The molecule has 2 heterocycles. The Morgan fingerprint density at radius 3 is 2.57 bits per heavy atom. The zero-order valence-corrected chi connectivity index (χ0v) is 17.2. The minimum atomic E-state index is -0.746. The predicted octanol–water partition coefficient (Wildman–Crippen LogP) is 4.01. The summed E-state index contributed by atoms with van der Waals surface area (Å²) in [5.74, 6) is -0.374. The summed E-state index contributed by atoms with van der Waals surface area (Å²) in [5.41, 5.74) is 3.90. The third-order valence-corrected chi connectivity index (χ3v) is 5.28. The Bertz CT molecular complexity index is 1220. The third-order valence-electron chi connectivity index (χ3n) is 5.28. The number of Topliss-reactive ketones (excluding diaryl/α,β-unsaturated/α-hetero) is 1. The minimum absolute atomic E-state index is 0.197. The van der Waals surface area contributed by atoms with Crippen molar-refractivity contribution in [2.75, 3.05) is 0 Å². The van der Waals surface area contributed by atoms with Crippen LogP contribution in [0.1, 0.15) is 37.7 Å².